The minimum atomic E-state index is -4.30. The van der Waals surface area contributed by atoms with Crippen LogP contribution < -0.4 is 9.47 Å². The molecule has 0 heterocycles. The summed E-state index contributed by atoms with van der Waals surface area (Å²) in [6, 6.07) is 10.3. The highest BCUT2D eigenvalue weighted by molar-refractivity contribution is 5.67. The van der Waals surface area contributed by atoms with E-state index in [1.165, 1.54) is 12.1 Å². The van der Waals surface area contributed by atoms with Crippen LogP contribution in [0.1, 0.15) is 24.5 Å². The number of halogens is 9. The van der Waals surface area contributed by atoms with Gasteiger partial charge >= 0.3 is 12.2 Å². The first-order valence-electron chi connectivity index (χ1n) is 12.6. The highest BCUT2D eigenvalue weighted by atomic mass is 19.3. The summed E-state index contributed by atoms with van der Waals surface area (Å²) in [5.74, 6) is -8.09. The molecule has 4 aromatic rings. The van der Waals surface area contributed by atoms with Gasteiger partial charge in [-0.2, -0.15) is 17.6 Å². The number of rotatable bonds is 10. The van der Waals surface area contributed by atoms with Gasteiger partial charge in [0.15, 0.2) is 23.6 Å². The third-order valence-electron chi connectivity index (χ3n) is 6.22. The molecule has 4 rings (SSSR count). The molecule has 0 fully saturated rings. The molecule has 0 atom stereocenters. The molecule has 0 spiro atoms. The number of alkyl halides is 2. The second-order valence-electron chi connectivity index (χ2n) is 9.17. The van der Waals surface area contributed by atoms with Crippen LogP contribution in [0.5, 0.6) is 11.5 Å². The molecule has 4 aromatic carbocycles. The Morgan fingerprint density at radius 3 is 1.95 bits per heavy atom. The summed E-state index contributed by atoms with van der Waals surface area (Å²) in [7, 11) is 0. The summed E-state index contributed by atoms with van der Waals surface area (Å²) in [6.07, 6.45) is -1.78. The molecule has 224 valence electrons. The lowest BCUT2D eigenvalue weighted by Crippen LogP contribution is -2.23. The Kier molecular flexibility index (Phi) is 9.53. The fourth-order valence-electron chi connectivity index (χ4n) is 4.21. The lowest BCUT2D eigenvalue weighted by molar-refractivity contribution is -0.187. The summed E-state index contributed by atoms with van der Waals surface area (Å²) in [4.78, 5) is 0. The normalized spacial score (nSPS) is 11.6. The van der Waals surface area contributed by atoms with Gasteiger partial charge in [0.2, 0.25) is 0 Å². The number of allylic oxidation sites excluding steroid dienone is 2. The van der Waals surface area contributed by atoms with Crippen LogP contribution in [0, 0.1) is 29.1 Å². The molecule has 43 heavy (non-hydrogen) atoms. The van der Waals surface area contributed by atoms with E-state index in [9.17, 15) is 39.5 Å². The molecule has 11 heteroatoms. The first-order valence-corrected chi connectivity index (χ1v) is 12.6. The zero-order valence-electron chi connectivity index (χ0n) is 22.2. The maximum Gasteiger partial charge on any atom is 0.429 e. The summed E-state index contributed by atoms with van der Waals surface area (Å²) in [5, 5.41) is 0. The number of ether oxygens (including phenoxy) is 2. The Hall–Kier alpha value is -4.67. The summed E-state index contributed by atoms with van der Waals surface area (Å²) in [6.45, 7) is 1.86. The van der Waals surface area contributed by atoms with Crippen LogP contribution in [0.3, 0.4) is 0 Å². The monoisotopic (exact) mass is 608 g/mol. The Bertz CT molecular complexity index is 1670. The van der Waals surface area contributed by atoms with Gasteiger partial charge in [0, 0.05) is 17.2 Å². The van der Waals surface area contributed by atoms with Crippen LogP contribution in [-0.2, 0) is 12.5 Å². The Morgan fingerprint density at radius 2 is 1.35 bits per heavy atom. The predicted octanol–water partition coefficient (Wildman–Crippen LogP) is 10.5. The SMILES string of the molecule is CC=CCCc1ccc(-c2ccc(C(F)(F)Oc3ccc(-c4cc(F)c(OC=C(F)F)c(F)c4)c(F)c3)c(F)c2)c(F)c1. The third kappa shape index (κ3) is 7.40. The van der Waals surface area contributed by atoms with Crippen molar-refractivity contribution in [2.24, 2.45) is 0 Å². The zero-order chi connectivity index (χ0) is 31.3. The molecule has 0 bridgehead atoms. The van der Waals surface area contributed by atoms with Crippen molar-refractivity contribution < 1.29 is 49.0 Å². The van der Waals surface area contributed by atoms with Crippen molar-refractivity contribution >= 4 is 0 Å². The first kappa shape index (κ1) is 31.3. The highest BCUT2D eigenvalue weighted by Gasteiger charge is 2.38. The minimum Gasteiger partial charge on any atom is -0.453 e. The number of benzene rings is 4. The summed E-state index contributed by atoms with van der Waals surface area (Å²) in [5.41, 5.74) is -1.34. The molecule has 0 aliphatic carbocycles. The Labute approximate surface area is 240 Å². The van der Waals surface area contributed by atoms with Crippen LogP contribution in [0.2, 0.25) is 0 Å². The quantitative estimate of drug-likeness (QED) is 0.101. The van der Waals surface area contributed by atoms with Gasteiger partial charge < -0.3 is 9.47 Å². The van der Waals surface area contributed by atoms with Crippen LogP contribution >= 0.6 is 0 Å². The zero-order valence-corrected chi connectivity index (χ0v) is 22.2. The van der Waals surface area contributed by atoms with Gasteiger partial charge in [0.25, 0.3) is 0 Å². The summed E-state index contributed by atoms with van der Waals surface area (Å²) < 4.78 is 136. The maximum absolute atomic E-state index is 14.9. The predicted molar refractivity (Wildman–Crippen MR) is 142 cm³/mol. The summed E-state index contributed by atoms with van der Waals surface area (Å²) >= 11 is 0. The largest absolute Gasteiger partial charge is 0.453 e. The number of hydrogen-bond donors (Lipinski definition) is 0. The minimum absolute atomic E-state index is 0.000592. The standard InChI is InChI=1S/C32H21F9O2/c1-2-3-4-5-18-6-9-22(25(33)12-18)19-7-11-24(27(35)13-19)32(40,41)43-21-8-10-23(26(34)16-21)20-14-28(36)31(29(37)15-20)42-17-30(38)39/h2-3,6-17H,4-5H2,1H3. The topological polar surface area (TPSA) is 18.5 Å². The second-order valence-corrected chi connectivity index (χ2v) is 9.17. The van der Waals surface area contributed by atoms with Gasteiger partial charge in [-0.05, 0) is 78.9 Å². The van der Waals surface area contributed by atoms with Crippen LogP contribution in [0.4, 0.5) is 39.5 Å². The fraction of sp³-hybridized carbons (Fsp3) is 0.125. The molecule has 2 nitrogen and oxygen atoms in total. The van der Waals surface area contributed by atoms with Gasteiger partial charge in [-0.1, -0.05) is 30.4 Å². The van der Waals surface area contributed by atoms with Crippen molar-refractivity contribution in [2.45, 2.75) is 25.9 Å². The van der Waals surface area contributed by atoms with E-state index in [2.05, 4.69) is 9.47 Å². The van der Waals surface area contributed by atoms with E-state index >= 15 is 0 Å². The van der Waals surface area contributed by atoms with Crippen LogP contribution in [-0.4, -0.2) is 0 Å². The van der Waals surface area contributed by atoms with Crippen molar-refractivity contribution in [3.05, 3.63) is 131 Å². The van der Waals surface area contributed by atoms with E-state index in [0.29, 0.717) is 42.7 Å². The average Bonchev–Trinajstić information content (AvgIpc) is 2.92. The van der Waals surface area contributed by atoms with E-state index in [1.807, 2.05) is 19.1 Å². The number of aryl methyl sites for hydroxylation is 1. The molecule has 0 saturated heterocycles. The van der Waals surface area contributed by atoms with E-state index in [1.54, 1.807) is 6.07 Å². The third-order valence-corrected chi connectivity index (χ3v) is 6.22. The average molecular weight is 609 g/mol. The van der Waals surface area contributed by atoms with Gasteiger partial charge in [-0.25, -0.2) is 22.0 Å². The molecular weight excluding hydrogens is 587 g/mol. The molecule has 0 aliphatic heterocycles. The molecule has 0 amide bonds. The van der Waals surface area contributed by atoms with Crippen LogP contribution in [0.15, 0.2) is 91.2 Å². The lowest BCUT2D eigenvalue weighted by atomic mass is 9.99. The van der Waals surface area contributed by atoms with E-state index in [-0.39, 0.29) is 17.4 Å². The van der Waals surface area contributed by atoms with Gasteiger partial charge in [-0.3, -0.25) is 0 Å². The Balaban J connectivity index is 1.54. The van der Waals surface area contributed by atoms with Gasteiger partial charge in [0.05, 0.1) is 5.56 Å². The highest BCUT2D eigenvalue weighted by Crippen LogP contribution is 2.37. The lowest BCUT2D eigenvalue weighted by Gasteiger charge is -2.20. The van der Waals surface area contributed by atoms with Crippen molar-refractivity contribution in [1.29, 1.82) is 0 Å². The maximum atomic E-state index is 14.9. The van der Waals surface area contributed by atoms with E-state index in [4.69, 9.17) is 0 Å². The molecule has 0 aliphatic rings. The smallest absolute Gasteiger partial charge is 0.429 e. The van der Waals surface area contributed by atoms with Crippen molar-refractivity contribution in [3.63, 3.8) is 0 Å². The second kappa shape index (κ2) is 13.1. The van der Waals surface area contributed by atoms with E-state index in [0.717, 1.165) is 24.3 Å². The fourth-order valence-corrected chi connectivity index (χ4v) is 4.21. The first-order chi connectivity index (χ1) is 20.4. The molecule has 0 radical (unpaired) electrons. The van der Waals surface area contributed by atoms with Gasteiger partial charge in [0.1, 0.15) is 23.2 Å². The molecule has 0 aromatic heterocycles. The van der Waals surface area contributed by atoms with Crippen molar-refractivity contribution in [3.8, 4) is 33.8 Å². The molecule has 0 unspecified atom stereocenters. The number of hydrogen-bond acceptors (Lipinski definition) is 2. The molecular formula is C32H21F9O2. The molecule has 0 saturated carbocycles. The van der Waals surface area contributed by atoms with Crippen molar-refractivity contribution in [2.75, 3.05) is 0 Å². The Morgan fingerprint density at radius 1 is 0.721 bits per heavy atom. The van der Waals surface area contributed by atoms with E-state index < -0.39 is 69.5 Å². The van der Waals surface area contributed by atoms with Gasteiger partial charge in [-0.15, -0.1) is 0 Å². The molecule has 0 N–H and O–H groups in total. The van der Waals surface area contributed by atoms with Crippen molar-refractivity contribution in [1.82, 2.24) is 0 Å². The van der Waals surface area contributed by atoms with Crippen LogP contribution in [0.25, 0.3) is 22.3 Å².